The summed E-state index contributed by atoms with van der Waals surface area (Å²) >= 11 is 0. The molecule has 0 aromatic rings. The Bertz CT molecular complexity index is 247. The van der Waals surface area contributed by atoms with Crippen molar-refractivity contribution in [2.75, 3.05) is 13.2 Å². The molecule has 0 spiro atoms. The lowest BCUT2D eigenvalue weighted by atomic mass is 10.2. The monoisotopic (exact) mass is 208 g/mol. The van der Waals surface area contributed by atoms with Crippen LogP contribution in [-0.4, -0.2) is 19.0 Å². The maximum absolute atomic E-state index is 5.58. The third-order valence-corrected chi connectivity index (χ3v) is 1.64. The fourth-order valence-electron chi connectivity index (χ4n) is 1.10. The van der Waals surface area contributed by atoms with E-state index < -0.39 is 5.79 Å². The van der Waals surface area contributed by atoms with E-state index in [2.05, 4.69) is 11.5 Å². The normalized spacial score (nSPS) is 9.87. The van der Waals surface area contributed by atoms with Crippen LogP contribution in [0.15, 0.2) is 35.8 Å². The van der Waals surface area contributed by atoms with Gasteiger partial charge in [0.05, 0.1) is 0 Å². The first kappa shape index (κ1) is 14.0. The molecule has 15 heavy (non-hydrogen) atoms. The molecule has 0 saturated carbocycles. The summed E-state index contributed by atoms with van der Waals surface area (Å²) < 4.78 is 11.2. The summed E-state index contributed by atoms with van der Waals surface area (Å²) in [4.78, 5) is 0. The molecule has 0 aliphatic rings. The fourth-order valence-corrected chi connectivity index (χ4v) is 1.10. The van der Waals surface area contributed by atoms with Crippen molar-refractivity contribution in [3.63, 3.8) is 0 Å². The van der Waals surface area contributed by atoms with Gasteiger partial charge in [-0.2, -0.15) is 0 Å². The van der Waals surface area contributed by atoms with Crippen LogP contribution in [-0.2, 0) is 9.47 Å². The highest BCUT2D eigenvalue weighted by atomic mass is 16.7. The van der Waals surface area contributed by atoms with Crippen molar-refractivity contribution in [3.05, 3.63) is 35.8 Å². The van der Waals surface area contributed by atoms with Crippen LogP contribution in [0.2, 0.25) is 0 Å². The van der Waals surface area contributed by atoms with Crippen LogP contribution < -0.4 is 0 Å². The lowest BCUT2D eigenvalue weighted by Gasteiger charge is -2.25. The molecule has 2 heteroatoms. The third-order valence-electron chi connectivity index (χ3n) is 1.64. The molecule has 0 aliphatic carbocycles. The van der Waals surface area contributed by atoms with Crippen molar-refractivity contribution in [2.45, 2.75) is 33.5 Å². The zero-order valence-electron chi connectivity index (χ0n) is 10.0. The summed E-state index contributed by atoms with van der Waals surface area (Å²) in [7, 11) is 0. The van der Waals surface area contributed by atoms with E-state index in [0.29, 0.717) is 13.2 Å². The average Bonchev–Trinajstić information content (AvgIpc) is 2.24. The van der Waals surface area contributed by atoms with E-state index in [1.54, 1.807) is 12.2 Å². The molecule has 0 saturated heterocycles. The highest BCUT2D eigenvalue weighted by Crippen LogP contribution is 2.16. The maximum Gasteiger partial charge on any atom is 0.223 e. The van der Waals surface area contributed by atoms with E-state index >= 15 is 0 Å². The van der Waals surface area contributed by atoms with Gasteiger partial charge in [0, 0.05) is 25.4 Å². The van der Waals surface area contributed by atoms with Gasteiger partial charge in [-0.25, -0.2) is 0 Å². The second kappa shape index (κ2) is 8.28. The summed E-state index contributed by atoms with van der Waals surface area (Å²) in [6.45, 7) is 8.81. The molecule has 84 valence electrons. The summed E-state index contributed by atoms with van der Waals surface area (Å²) in [6.07, 6.45) is 7.15. The first-order valence-electron chi connectivity index (χ1n) is 5.29. The Morgan fingerprint density at radius 1 is 0.933 bits per heavy atom. The quantitative estimate of drug-likeness (QED) is 0.493. The zero-order chi connectivity index (χ0) is 11.6. The van der Waals surface area contributed by atoms with E-state index in [9.17, 15) is 0 Å². The van der Waals surface area contributed by atoms with Gasteiger partial charge in [-0.05, 0) is 39.8 Å². The highest BCUT2D eigenvalue weighted by Gasteiger charge is 2.24. The van der Waals surface area contributed by atoms with E-state index in [1.165, 1.54) is 0 Å². The minimum atomic E-state index is -0.831. The van der Waals surface area contributed by atoms with Crippen LogP contribution in [0.4, 0.5) is 0 Å². The largest absolute Gasteiger partial charge is 0.342 e. The standard InChI is InChI=1S/C13H20O2/c1-5-9-11-13(14-7-3,15-8-4)12-10-6-2/h5-6,11-12H,7-8H2,1-4H3. The number of rotatable bonds is 6. The first-order valence-corrected chi connectivity index (χ1v) is 5.29. The molecule has 0 aromatic carbocycles. The van der Waals surface area contributed by atoms with E-state index in [-0.39, 0.29) is 0 Å². The van der Waals surface area contributed by atoms with Gasteiger partial charge in [-0.3, -0.25) is 0 Å². The highest BCUT2D eigenvalue weighted by molar-refractivity contribution is 5.09. The first-order chi connectivity index (χ1) is 7.24. The lowest BCUT2D eigenvalue weighted by Crippen LogP contribution is -2.31. The molecule has 0 aromatic heterocycles. The number of hydrogen-bond acceptors (Lipinski definition) is 2. The summed E-state index contributed by atoms with van der Waals surface area (Å²) in [5, 5.41) is 0. The Kier molecular flexibility index (Phi) is 7.71. The molecule has 0 atom stereocenters. The van der Waals surface area contributed by atoms with Gasteiger partial charge < -0.3 is 9.47 Å². The molecule has 0 unspecified atom stereocenters. The molecule has 0 aliphatic heterocycles. The van der Waals surface area contributed by atoms with Gasteiger partial charge in [-0.15, -0.1) is 11.5 Å². The van der Waals surface area contributed by atoms with Crippen molar-refractivity contribution < 1.29 is 9.47 Å². The Hall–Kier alpha value is -1.04. The van der Waals surface area contributed by atoms with Gasteiger partial charge in [-0.1, -0.05) is 0 Å². The van der Waals surface area contributed by atoms with Crippen LogP contribution in [0.25, 0.3) is 0 Å². The van der Waals surface area contributed by atoms with Crippen LogP contribution in [0.3, 0.4) is 0 Å². The zero-order valence-corrected chi connectivity index (χ0v) is 10.0. The van der Waals surface area contributed by atoms with Crippen molar-refractivity contribution in [2.24, 2.45) is 0 Å². The molecule has 0 rings (SSSR count). The van der Waals surface area contributed by atoms with Crippen LogP contribution in [0.1, 0.15) is 27.7 Å². The molecular weight excluding hydrogens is 188 g/mol. The lowest BCUT2D eigenvalue weighted by molar-refractivity contribution is -0.165. The van der Waals surface area contributed by atoms with E-state index in [4.69, 9.17) is 9.47 Å². The molecule has 2 nitrogen and oxygen atoms in total. The topological polar surface area (TPSA) is 18.5 Å². The molecule has 0 N–H and O–H groups in total. The number of ether oxygens (including phenoxy) is 2. The predicted octanol–water partition coefficient (Wildman–Crippen LogP) is 3.22. The Balaban J connectivity index is 5.04. The molecule has 0 fully saturated rings. The minimum Gasteiger partial charge on any atom is -0.342 e. The third kappa shape index (κ3) is 5.41. The van der Waals surface area contributed by atoms with Gasteiger partial charge in [0.25, 0.3) is 0 Å². The van der Waals surface area contributed by atoms with Crippen LogP contribution >= 0.6 is 0 Å². The minimum absolute atomic E-state index is 0.573. The van der Waals surface area contributed by atoms with Crippen molar-refractivity contribution >= 4 is 0 Å². The second-order valence-electron chi connectivity index (χ2n) is 2.79. The van der Waals surface area contributed by atoms with Gasteiger partial charge >= 0.3 is 0 Å². The van der Waals surface area contributed by atoms with Crippen molar-refractivity contribution in [1.82, 2.24) is 0 Å². The smallest absolute Gasteiger partial charge is 0.223 e. The van der Waals surface area contributed by atoms with Gasteiger partial charge in [0.1, 0.15) is 0 Å². The Morgan fingerprint density at radius 2 is 1.33 bits per heavy atom. The SMILES string of the molecule is CC=C=CC(C=C=CC)(OCC)OCC. The Morgan fingerprint density at radius 3 is 1.60 bits per heavy atom. The van der Waals surface area contributed by atoms with E-state index in [1.807, 2.05) is 39.8 Å². The second-order valence-corrected chi connectivity index (χ2v) is 2.79. The van der Waals surface area contributed by atoms with Crippen LogP contribution in [0, 0.1) is 0 Å². The maximum atomic E-state index is 5.58. The molecule has 0 heterocycles. The molecular formula is C13H20O2. The van der Waals surface area contributed by atoms with Crippen LogP contribution in [0.5, 0.6) is 0 Å². The number of hydrogen-bond donors (Lipinski definition) is 0. The average molecular weight is 208 g/mol. The fraction of sp³-hybridized carbons (Fsp3) is 0.538. The van der Waals surface area contributed by atoms with Crippen molar-refractivity contribution in [3.8, 4) is 0 Å². The Labute approximate surface area is 92.6 Å². The van der Waals surface area contributed by atoms with Gasteiger partial charge in [0.15, 0.2) is 0 Å². The molecule has 0 amide bonds. The van der Waals surface area contributed by atoms with Crippen molar-refractivity contribution in [1.29, 1.82) is 0 Å². The summed E-state index contributed by atoms with van der Waals surface area (Å²) in [5.74, 6) is -0.831. The molecule has 0 radical (unpaired) electrons. The molecule has 0 bridgehead atoms. The summed E-state index contributed by atoms with van der Waals surface area (Å²) in [5.41, 5.74) is 5.97. The predicted molar refractivity (Wildman–Crippen MR) is 62.6 cm³/mol. The summed E-state index contributed by atoms with van der Waals surface area (Å²) in [6, 6.07) is 0. The van der Waals surface area contributed by atoms with E-state index in [0.717, 1.165) is 0 Å². The van der Waals surface area contributed by atoms with Gasteiger partial charge in [0.2, 0.25) is 5.79 Å².